The van der Waals surface area contributed by atoms with Crippen molar-refractivity contribution in [3.63, 3.8) is 0 Å². The van der Waals surface area contributed by atoms with Gasteiger partial charge >= 0.3 is 0 Å². The molecule has 0 unspecified atom stereocenters. The molecule has 19 heavy (non-hydrogen) atoms. The van der Waals surface area contributed by atoms with Crippen LogP contribution >= 0.6 is 0 Å². The summed E-state index contributed by atoms with van der Waals surface area (Å²) in [7, 11) is 0. The Hall–Kier alpha value is -2.44. The van der Waals surface area contributed by atoms with E-state index in [1.54, 1.807) is 18.2 Å². The van der Waals surface area contributed by atoms with Gasteiger partial charge in [-0.3, -0.25) is 0 Å². The zero-order valence-corrected chi connectivity index (χ0v) is 9.37. The van der Waals surface area contributed by atoms with Crippen LogP contribution in [0.3, 0.4) is 0 Å². The van der Waals surface area contributed by atoms with Crippen molar-refractivity contribution in [1.82, 2.24) is 0 Å². The van der Waals surface area contributed by atoms with E-state index in [0.717, 1.165) is 0 Å². The Morgan fingerprint density at radius 2 is 1.26 bits per heavy atom. The number of nitrogen functional groups attached to an aromatic ring is 1. The zero-order chi connectivity index (χ0) is 14.0. The Morgan fingerprint density at radius 3 is 1.79 bits per heavy atom. The lowest BCUT2D eigenvalue weighted by molar-refractivity contribution is 0.462. The van der Waals surface area contributed by atoms with Crippen molar-refractivity contribution in [2.45, 2.75) is 0 Å². The van der Waals surface area contributed by atoms with E-state index in [4.69, 9.17) is 5.73 Å². The fourth-order valence-electron chi connectivity index (χ4n) is 1.33. The molecule has 2 aromatic carbocycles. The normalized spacial score (nSPS) is 11.2. The van der Waals surface area contributed by atoms with Gasteiger partial charge in [0.1, 0.15) is 5.69 Å². The van der Waals surface area contributed by atoms with Crippen molar-refractivity contribution in [2.24, 2.45) is 10.2 Å². The lowest BCUT2D eigenvalue weighted by Crippen LogP contribution is -2.02. The predicted molar refractivity (Wildman–Crippen MR) is 61.3 cm³/mol. The third kappa shape index (κ3) is 2.40. The van der Waals surface area contributed by atoms with E-state index in [0.29, 0.717) is 0 Å². The molecule has 0 aliphatic rings. The molecule has 0 fully saturated rings. The Labute approximate surface area is 105 Å². The second-order valence-corrected chi connectivity index (χ2v) is 3.55. The number of azo groups is 1. The SMILES string of the molecule is Nc1c(F)c(F)c(N=Nc2ccccc2)c(F)c1F. The Bertz CT molecular complexity index is 612. The maximum atomic E-state index is 13.4. The van der Waals surface area contributed by atoms with Gasteiger partial charge in [0.2, 0.25) is 0 Å². The van der Waals surface area contributed by atoms with Crippen LogP contribution in [0.5, 0.6) is 0 Å². The highest BCUT2D eigenvalue weighted by atomic mass is 19.2. The van der Waals surface area contributed by atoms with Crippen molar-refractivity contribution in [2.75, 3.05) is 5.73 Å². The number of benzene rings is 2. The molecule has 2 N–H and O–H groups in total. The average Bonchev–Trinajstić information content (AvgIpc) is 2.44. The van der Waals surface area contributed by atoms with Crippen LogP contribution in [-0.4, -0.2) is 0 Å². The summed E-state index contributed by atoms with van der Waals surface area (Å²) in [6.45, 7) is 0. The van der Waals surface area contributed by atoms with Gasteiger partial charge in [0.15, 0.2) is 29.0 Å². The van der Waals surface area contributed by atoms with Crippen LogP contribution < -0.4 is 5.73 Å². The summed E-state index contributed by atoms with van der Waals surface area (Å²) in [5, 5.41) is 6.66. The molecule has 0 amide bonds. The molecule has 98 valence electrons. The van der Waals surface area contributed by atoms with E-state index >= 15 is 0 Å². The molecule has 0 aliphatic carbocycles. The number of nitrogens with two attached hydrogens (primary N) is 1. The first-order chi connectivity index (χ1) is 9.02. The predicted octanol–water partition coefficient (Wildman–Crippen LogP) is 4.24. The standard InChI is InChI=1S/C12H7F4N3/c13-7-9(15)12(10(16)8(14)11(7)17)19-18-6-4-2-1-3-5-6/h1-5H,17H2. The minimum absolute atomic E-state index is 0.277. The van der Waals surface area contributed by atoms with E-state index in [1.807, 2.05) is 0 Å². The fraction of sp³-hybridized carbons (Fsp3) is 0. The molecule has 0 aromatic heterocycles. The van der Waals surface area contributed by atoms with Crippen molar-refractivity contribution in [1.29, 1.82) is 0 Å². The van der Waals surface area contributed by atoms with Gasteiger partial charge in [0.25, 0.3) is 0 Å². The van der Waals surface area contributed by atoms with Gasteiger partial charge in [-0.25, -0.2) is 17.6 Å². The maximum Gasteiger partial charge on any atom is 0.191 e. The Balaban J connectivity index is 2.50. The zero-order valence-electron chi connectivity index (χ0n) is 9.37. The first kappa shape index (κ1) is 13.0. The molecule has 3 nitrogen and oxygen atoms in total. The summed E-state index contributed by atoms with van der Waals surface area (Å²) >= 11 is 0. The number of nitrogens with zero attached hydrogens (tertiary/aromatic N) is 2. The highest BCUT2D eigenvalue weighted by Crippen LogP contribution is 2.32. The lowest BCUT2D eigenvalue weighted by atomic mass is 10.2. The monoisotopic (exact) mass is 269 g/mol. The molecule has 0 atom stereocenters. The van der Waals surface area contributed by atoms with Gasteiger partial charge in [-0.05, 0) is 12.1 Å². The number of hydrogen-bond donors (Lipinski definition) is 1. The number of rotatable bonds is 2. The van der Waals surface area contributed by atoms with Crippen LogP contribution in [0.4, 0.5) is 34.6 Å². The van der Waals surface area contributed by atoms with Crippen LogP contribution in [-0.2, 0) is 0 Å². The summed E-state index contributed by atoms with van der Waals surface area (Å²) in [4.78, 5) is 0. The minimum Gasteiger partial charge on any atom is -0.394 e. The second-order valence-electron chi connectivity index (χ2n) is 3.55. The van der Waals surface area contributed by atoms with Crippen LogP contribution in [0.15, 0.2) is 40.6 Å². The van der Waals surface area contributed by atoms with Crippen molar-refractivity contribution in [3.8, 4) is 0 Å². The van der Waals surface area contributed by atoms with Gasteiger partial charge in [-0.1, -0.05) is 18.2 Å². The number of halogens is 4. The summed E-state index contributed by atoms with van der Waals surface area (Å²) in [6, 6.07) is 7.94. The topological polar surface area (TPSA) is 50.7 Å². The molecule has 0 aliphatic heterocycles. The molecule has 0 radical (unpaired) electrons. The Morgan fingerprint density at radius 1 is 0.737 bits per heavy atom. The minimum atomic E-state index is -1.69. The van der Waals surface area contributed by atoms with Crippen LogP contribution in [0, 0.1) is 23.3 Å². The fourth-order valence-corrected chi connectivity index (χ4v) is 1.33. The highest BCUT2D eigenvalue weighted by molar-refractivity contribution is 5.53. The van der Waals surface area contributed by atoms with Gasteiger partial charge in [-0.15, -0.1) is 5.11 Å². The summed E-state index contributed by atoms with van der Waals surface area (Å²) in [5.41, 5.74) is 2.75. The van der Waals surface area contributed by atoms with E-state index in [9.17, 15) is 17.6 Å². The van der Waals surface area contributed by atoms with Crippen molar-refractivity contribution < 1.29 is 17.6 Å². The molecular weight excluding hydrogens is 262 g/mol. The third-order valence-corrected chi connectivity index (χ3v) is 2.30. The van der Waals surface area contributed by atoms with Gasteiger partial charge in [0, 0.05) is 0 Å². The van der Waals surface area contributed by atoms with Crippen molar-refractivity contribution in [3.05, 3.63) is 53.6 Å². The molecule has 0 saturated carbocycles. The number of anilines is 1. The van der Waals surface area contributed by atoms with Gasteiger partial charge in [-0.2, -0.15) is 5.11 Å². The third-order valence-electron chi connectivity index (χ3n) is 2.30. The summed E-state index contributed by atoms with van der Waals surface area (Å²) in [5.74, 6) is -6.76. The highest BCUT2D eigenvalue weighted by Gasteiger charge is 2.23. The first-order valence-electron chi connectivity index (χ1n) is 5.10. The molecule has 0 saturated heterocycles. The molecule has 2 rings (SSSR count). The quantitative estimate of drug-likeness (QED) is 0.377. The molecule has 7 heteroatoms. The first-order valence-corrected chi connectivity index (χ1v) is 5.10. The molecule has 0 spiro atoms. The summed E-state index contributed by atoms with van der Waals surface area (Å²) < 4.78 is 53.1. The van der Waals surface area contributed by atoms with E-state index in [1.165, 1.54) is 12.1 Å². The molecular formula is C12H7F4N3. The maximum absolute atomic E-state index is 13.4. The van der Waals surface area contributed by atoms with Gasteiger partial charge < -0.3 is 5.73 Å². The van der Waals surface area contributed by atoms with E-state index < -0.39 is 34.6 Å². The van der Waals surface area contributed by atoms with Crippen LogP contribution in [0.1, 0.15) is 0 Å². The second kappa shape index (κ2) is 5.05. The summed E-state index contributed by atoms with van der Waals surface area (Å²) in [6.07, 6.45) is 0. The average molecular weight is 269 g/mol. The van der Waals surface area contributed by atoms with Gasteiger partial charge in [0.05, 0.1) is 5.69 Å². The van der Waals surface area contributed by atoms with Crippen LogP contribution in [0.2, 0.25) is 0 Å². The van der Waals surface area contributed by atoms with Crippen LogP contribution in [0.25, 0.3) is 0 Å². The van der Waals surface area contributed by atoms with E-state index in [2.05, 4.69) is 10.2 Å². The lowest BCUT2D eigenvalue weighted by Gasteiger charge is -2.04. The Kier molecular flexibility index (Phi) is 3.46. The van der Waals surface area contributed by atoms with E-state index in [-0.39, 0.29) is 5.69 Å². The molecule has 0 bridgehead atoms. The largest absolute Gasteiger partial charge is 0.394 e. The smallest absolute Gasteiger partial charge is 0.191 e. The van der Waals surface area contributed by atoms with Crippen molar-refractivity contribution >= 4 is 17.1 Å². The molecule has 2 aromatic rings. The molecule has 0 heterocycles. The number of hydrogen-bond acceptors (Lipinski definition) is 3.